The number of nitrogens with zero attached hydrogens (tertiary/aromatic N) is 2. The molecule has 1 aromatic heterocycles. The van der Waals surface area contributed by atoms with Gasteiger partial charge in [-0.25, -0.2) is 4.98 Å². The lowest BCUT2D eigenvalue weighted by Gasteiger charge is -2.17. The van der Waals surface area contributed by atoms with Gasteiger partial charge < -0.3 is 14.4 Å². The lowest BCUT2D eigenvalue weighted by atomic mass is 10.1. The average molecular weight is 224 g/mol. The van der Waals surface area contributed by atoms with Gasteiger partial charge in [0.25, 0.3) is 0 Å². The molecule has 1 aliphatic rings. The van der Waals surface area contributed by atoms with Crippen molar-refractivity contribution in [3.05, 3.63) is 17.8 Å². The van der Waals surface area contributed by atoms with Gasteiger partial charge in [0.05, 0.1) is 12.8 Å². The molecule has 0 saturated carbocycles. The van der Waals surface area contributed by atoms with Gasteiger partial charge in [-0.3, -0.25) is 0 Å². The molecule has 16 heavy (non-hydrogen) atoms. The minimum atomic E-state index is 0.0440. The van der Waals surface area contributed by atoms with Crippen LogP contribution in [-0.4, -0.2) is 41.2 Å². The number of rotatable bonds is 4. The summed E-state index contributed by atoms with van der Waals surface area (Å²) in [5.41, 5.74) is 0. The first-order valence-electron chi connectivity index (χ1n) is 5.96. The van der Waals surface area contributed by atoms with Crippen LogP contribution in [0.15, 0.2) is 10.6 Å². The van der Waals surface area contributed by atoms with Crippen LogP contribution in [0.1, 0.15) is 37.3 Å². The predicted molar refractivity (Wildman–Crippen MR) is 61.4 cm³/mol. The smallest absolute Gasteiger partial charge is 0.195 e. The molecule has 0 radical (unpaired) electrons. The first-order valence-corrected chi connectivity index (χ1v) is 5.96. The molecular weight excluding hydrogens is 204 g/mol. The largest absolute Gasteiger partial charge is 0.445 e. The Bertz CT molecular complexity index is 338. The van der Waals surface area contributed by atoms with Crippen LogP contribution in [0, 0.1) is 0 Å². The minimum Gasteiger partial charge on any atom is -0.445 e. The standard InChI is InChI=1S/C12H20N2O2/c1-9(8-15)11-7-13-12(16-11)6-10-4-3-5-14(10)2/h7,9-10,15H,3-6,8H2,1-2H3. The summed E-state index contributed by atoms with van der Waals surface area (Å²) in [6.07, 6.45) is 5.12. The molecule has 0 aliphatic carbocycles. The highest BCUT2D eigenvalue weighted by Gasteiger charge is 2.23. The number of hydrogen-bond acceptors (Lipinski definition) is 4. The first kappa shape index (κ1) is 11.6. The van der Waals surface area contributed by atoms with Crippen LogP contribution >= 0.6 is 0 Å². The first-order chi connectivity index (χ1) is 7.70. The van der Waals surface area contributed by atoms with Crippen molar-refractivity contribution < 1.29 is 9.52 Å². The van der Waals surface area contributed by atoms with Gasteiger partial charge in [0.2, 0.25) is 0 Å². The zero-order valence-corrected chi connectivity index (χ0v) is 10.0. The van der Waals surface area contributed by atoms with Gasteiger partial charge in [-0.05, 0) is 26.4 Å². The Balaban J connectivity index is 1.97. The SMILES string of the molecule is CC(CO)c1cnc(CC2CCCN2C)o1. The topological polar surface area (TPSA) is 49.5 Å². The Morgan fingerprint density at radius 1 is 1.69 bits per heavy atom. The zero-order valence-electron chi connectivity index (χ0n) is 10.0. The van der Waals surface area contributed by atoms with Gasteiger partial charge in [-0.2, -0.15) is 0 Å². The van der Waals surface area contributed by atoms with E-state index in [9.17, 15) is 0 Å². The molecule has 2 unspecified atom stereocenters. The second-order valence-electron chi connectivity index (χ2n) is 4.72. The third kappa shape index (κ3) is 2.44. The van der Waals surface area contributed by atoms with Gasteiger partial charge >= 0.3 is 0 Å². The summed E-state index contributed by atoms with van der Waals surface area (Å²) in [5.74, 6) is 1.63. The fourth-order valence-electron chi connectivity index (χ4n) is 2.18. The van der Waals surface area contributed by atoms with E-state index >= 15 is 0 Å². The summed E-state index contributed by atoms with van der Waals surface area (Å²) < 4.78 is 5.65. The van der Waals surface area contributed by atoms with Gasteiger partial charge in [0, 0.05) is 18.4 Å². The number of likely N-dealkylation sites (N-methyl/N-ethyl adjacent to an activating group) is 1. The molecule has 1 saturated heterocycles. The highest BCUT2D eigenvalue weighted by molar-refractivity contribution is 5.01. The van der Waals surface area contributed by atoms with E-state index in [0.29, 0.717) is 6.04 Å². The van der Waals surface area contributed by atoms with E-state index in [1.54, 1.807) is 6.20 Å². The molecule has 90 valence electrons. The Kier molecular flexibility index (Phi) is 3.61. The third-order valence-corrected chi connectivity index (χ3v) is 3.41. The van der Waals surface area contributed by atoms with Crippen molar-refractivity contribution in [2.75, 3.05) is 20.2 Å². The Morgan fingerprint density at radius 2 is 2.50 bits per heavy atom. The van der Waals surface area contributed by atoms with E-state index in [1.165, 1.54) is 19.4 Å². The highest BCUT2D eigenvalue weighted by atomic mass is 16.4. The van der Waals surface area contributed by atoms with E-state index in [1.807, 2.05) is 6.92 Å². The molecule has 1 fully saturated rings. The molecule has 1 aliphatic heterocycles. The van der Waals surface area contributed by atoms with Crippen molar-refractivity contribution >= 4 is 0 Å². The molecular formula is C12H20N2O2. The fraction of sp³-hybridized carbons (Fsp3) is 0.750. The molecule has 0 aromatic carbocycles. The molecule has 0 amide bonds. The van der Waals surface area contributed by atoms with Crippen molar-refractivity contribution in [3.8, 4) is 0 Å². The molecule has 2 rings (SSSR count). The minimum absolute atomic E-state index is 0.0440. The molecule has 1 aromatic rings. The van der Waals surface area contributed by atoms with Gasteiger partial charge in [-0.15, -0.1) is 0 Å². The van der Waals surface area contributed by atoms with E-state index < -0.39 is 0 Å². The number of oxazole rings is 1. The van der Waals surface area contributed by atoms with Crippen LogP contribution in [0.4, 0.5) is 0 Å². The maximum atomic E-state index is 9.03. The number of aromatic nitrogens is 1. The highest BCUT2D eigenvalue weighted by Crippen LogP contribution is 2.21. The van der Waals surface area contributed by atoms with Crippen LogP contribution in [-0.2, 0) is 6.42 Å². The van der Waals surface area contributed by atoms with Gasteiger partial charge in [0.15, 0.2) is 5.89 Å². The molecule has 2 heterocycles. The summed E-state index contributed by atoms with van der Waals surface area (Å²) in [6, 6.07) is 0.566. The third-order valence-electron chi connectivity index (χ3n) is 3.41. The summed E-state index contributed by atoms with van der Waals surface area (Å²) in [4.78, 5) is 6.64. The average Bonchev–Trinajstić information content (AvgIpc) is 2.89. The van der Waals surface area contributed by atoms with Crippen molar-refractivity contribution in [2.24, 2.45) is 0 Å². The molecule has 2 atom stereocenters. The normalized spacial score (nSPS) is 23.8. The summed E-state index contributed by atoms with van der Waals surface area (Å²) >= 11 is 0. The van der Waals surface area contributed by atoms with Crippen molar-refractivity contribution in [2.45, 2.75) is 38.1 Å². The van der Waals surface area contributed by atoms with Crippen LogP contribution in [0.5, 0.6) is 0 Å². The second-order valence-corrected chi connectivity index (χ2v) is 4.72. The monoisotopic (exact) mass is 224 g/mol. The molecule has 0 spiro atoms. The van der Waals surface area contributed by atoms with Gasteiger partial charge in [0.1, 0.15) is 5.76 Å². The predicted octanol–water partition coefficient (Wildman–Crippen LogP) is 1.41. The molecule has 0 bridgehead atoms. The Hall–Kier alpha value is -0.870. The van der Waals surface area contributed by atoms with Crippen LogP contribution in [0.3, 0.4) is 0 Å². The Morgan fingerprint density at radius 3 is 3.12 bits per heavy atom. The summed E-state index contributed by atoms with van der Waals surface area (Å²) in [7, 11) is 2.15. The molecule has 4 nitrogen and oxygen atoms in total. The van der Waals surface area contributed by atoms with Crippen molar-refractivity contribution in [3.63, 3.8) is 0 Å². The Labute approximate surface area is 96.3 Å². The number of aliphatic hydroxyl groups is 1. The van der Waals surface area contributed by atoms with E-state index in [2.05, 4.69) is 16.9 Å². The lowest BCUT2D eigenvalue weighted by Crippen LogP contribution is -2.26. The van der Waals surface area contributed by atoms with Crippen molar-refractivity contribution in [1.82, 2.24) is 9.88 Å². The summed E-state index contributed by atoms with van der Waals surface area (Å²) in [5, 5.41) is 9.03. The van der Waals surface area contributed by atoms with Crippen LogP contribution < -0.4 is 0 Å². The van der Waals surface area contributed by atoms with Crippen LogP contribution in [0.25, 0.3) is 0 Å². The fourth-order valence-corrected chi connectivity index (χ4v) is 2.18. The number of aliphatic hydroxyl groups excluding tert-OH is 1. The zero-order chi connectivity index (χ0) is 11.5. The second kappa shape index (κ2) is 4.97. The van der Waals surface area contributed by atoms with E-state index in [4.69, 9.17) is 9.52 Å². The quantitative estimate of drug-likeness (QED) is 0.840. The van der Waals surface area contributed by atoms with Crippen LogP contribution in [0.2, 0.25) is 0 Å². The van der Waals surface area contributed by atoms with E-state index in [0.717, 1.165) is 18.1 Å². The summed E-state index contributed by atoms with van der Waals surface area (Å²) in [6.45, 7) is 3.22. The molecule has 4 heteroatoms. The maximum Gasteiger partial charge on any atom is 0.195 e. The van der Waals surface area contributed by atoms with E-state index in [-0.39, 0.29) is 12.5 Å². The number of hydrogen-bond donors (Lipinski definition) is 1. The maximum absolute atomic E-state index is 9.03. The number of likely N-dealkylation sites (tertiary alicyclic amines) is 1. The lowest BCUT2D eigenvalue weighted by molar-refractivity contribution is 0.250. The van der Waals surface area contributed by atoms with Crippen molar-refractivity contribution in [1.29, 1.82) is 0 Å². The molecule has 1 N–H and O–H groups in total. The van der Waals surface area contributed by atoms with Gasteiger partial charge in [-0.1, -0.05) is 6.92 Å².